The Morgan fingerprint density at radius 3 is 1.57 bits per heavy atom. The van der Waals surface area contributed by atoms with Gasteiger partial charge in [0.2, 0.25) is 0 Å². The molecule has 0 atom stereocenters. The molecular weight excluding hydrogens is 719 g/mol. The Kier molecular flexibility index (Phi) is 16.4. The van der Waals surface area contributed by atoms with Crippen molar-refractivity contribution in [1.29, 1.82) is 0 Å². The summed E-state index contributed by atoms with van der Waals surface area (Å²) in [5, 5.41) is 15.1. The molecule has 0 bridgehead atoms. The number of halogens is 2. The Morgan fingerprint density at radius 2 is 1.13 bits per heavy atom. The molecule has 0 spiro atoms. The molecule has 0 radical (unpaired) electrons. The van der Waals surface area contributed by atoms with Gasteiger partial charge in [0.1, 0.15) is 23.3 Å². The standard InChI is InChI=1S/C21H30ClN5.C20H28ClN5O/c1-14(2)7-9-24-20-11-15(8-10-25-20)18-12-21(26-13-19(18)22)27-17-5-3-16(23)4-6-17;1-27-10-2-8-23-19-11-14(7-9-24-19)17-12-20(25-13-18(17)21)26-16-5-3-15(22)4-6-16/h8,10-14,16-17H,3-7,9,23H2,1-2H3,(H,24,25)(H,26,27);7,9,11-13,15-16H,2-6,8,10,22H2,1H3,(H,23,24)(H,25,26). The van der Waals surface area contributed by atoms with Crippen molar-refractivity contribution < 1.29 is 4.74 Å². The summed E-state index contributed by atoms with van der Waals surface area (Å²) in [5.41, 5.74) is 16.0. The normalized spacial score (nSPS) is 19.8. The number of ether oxygens (including phenoxy) is 1. The van der Waals surface area contributed by atoms with Crippen molar-refractivity contribution in [3.63, 3.8) is 0 Å². The molecule has 11 nitrogen and oxygen atoms in total. The summed E-state index contributed by atoms with van der Waals surface area (Å²) in [5.74, 6) is 4.07. The van der Waals surface area contributed by atoms with Gasteiger partial charge in [-0.2, -0.15) is 0 Å². The van der Waals surface area contributed by atoms with Crippen molar-refractivity contribution in [2.24, 2.45) is 17.4 Å². The largest absolute Gasteiger partial charge is 0.385 e. The summed E-state index contributed by atoms with van der Waals surface area (Å²) < 4.78 is 5.07. The number of nitrogens with two attached hydrogens (primary N) is 2. The topological polar surface area (TPSA) is 161 Å². The zero-order chi connectivity index (χ0) is 38.3. The lowest BCUT2D eigenvalue weighted by Crippen LogP contribution is -2.33. The molecule has 292 valence electrons. The van der Waals surface area contributed by atoms with E-state index in [4.69, 9.17) is 39.4 Å². The van der Waals surface area contributed by atoms with E-state index in [1.54, 1.807) is 25.7 Å². The van der Waals surface area contributed by atoms with Crippen molar-refractivity contribution in [3.05, 3.63) is 71.2 Å². The molecule has 2 fully saturated rings. The van der Waals surface area contributed by atoms with Gasteiger partial charge in [0, 0.05) is 86.9 Å². The summed E-state index contributed by atoms with van der Waals surface area (Å²) in [6, 6.07) is 13.6. The minimum atomic E-state index is 0.336. The van der Waals surface area contributed by atoms with Crippen LogP contribution in [0.4, 0.5) is 23.3 Å². The number of nitrogens with zero attached hydrogens (tertiary/aromatic N) is 4. The summed E-state index contributed by atoms with van der Waals surface area (Å²) in [6.07, 6.45) is 17.6. The molecule has 0 amide bonds. The zero-order valence-electron chi connectivity index (χ0n) is 32.0. The zero-order valence-corrected chi connectivity index (χ0v) is 33.5. The molecule has 0 unspecified atom stereocenters. The van der Waals surface area contributed by atoms with Gasteiger partial charge in [-0.25, -0.2) is 19.9 Å². The third-order valence-corrected chi connectivity index (χ3v) is 10.6. The van der Waals surface area contributed by atoms with E-state index >= 15 is 0 Å². The maximum Gasteiger partial charge on any atom is 0.126 e. The van der Waals surface area contributed by atoms with Crippen LogP contribution in [0.5, 0.6) is 0 Å². The van der Waals surface area contributed by atoms with Crippen LogP contribution in [0.1, 0.15) is 78.1 Å². The van der Waals surface area contributed by atoms with E-state index in [1.165, 1.54) is 0 Å². The van der Waals surface area contributed by atoms with Crippen LogP contribution in [0, 0.1) is 5.92 Å². The van der Waals surface area contributed by atoms with Crippen molar-refractivity contribution in [1.82, 2.24) is 19.9 Å². The molecular formula is C41H58Cl2N10O. The predicted molar refractivity (Wildman–Crippen MR) is 226 cm³/mol. The molecule has 4 aromatic heterocycles. The average Bonchev–Trinajstić information content (AvgIpc) is 3.17. The van der Waals surface area contributed by atoms with Crippen LogP contribution in [-0.4, -0.2) is 70.9 Å². The van der Waals surface area contributed by atoms with Gasteiger partial charge in [0.15, 0.2) is 0 Å². The van der Waals surface area contributed by atoms with Crippen LogP contribution in [0.2, 0.25) is 10.0 Å². The highest BCUT2D eigenvalue weighted by Gasteiger charge is 2.20. The summed E-state index contributed by atoms with van der Waals surface area (Å²) in [6.45, 7) is 6.89. The Morgan fingerprint density at radius 1 is 0.667 bits per heavy atom. The van der Waals surface area contributed by atoms with Crippen LogP contribution >= 0.6 is 23.2 Å². The Labute approximate surface area is 331 Å². The molecule has 8 N–H and O–H groups in total. The fourth-order valence-electron chi connectivity index (χ4n) is 6.73. The van der Waals surface area contributed by atoms with Gasteiger partial charge >= 0.3 is 0 Å². The molecule has 13 heteroatoms. The van der Waals surface area contributed by atoms with Crippen molar-refractivity contribution in [2.75, 3.05) is 48.1 Å². The number of methoxy groups -OCH3 is 1. The van der Waals surface area contributed by atoms with E-state index in [1.807, 2.05) is 42.6 Å². The molecule has 0 aliphatic heterocycles. The maximum absolute atomic E-state index is 6.44. The quantitative estimate of drug-likeness (QED) is 0.0640. The number of pyridine rings is 4. The summed E-state index contributed by atoms with van der Waals surface area (Å²) in [7, 11) is 1.71. The van der Waals surface area contributed by atoms with Crippen LogP contribution in [-0.2, 0) is 4.74 Å². The number of hydrogen-bond donors (Lipinski definition) is 6. The molecule has 4 aromatic rings. The highest BCUT2D eigenvalue weighted by molar-refractivity contribution is 6.33. The van der Waals surface area contributed by atoms with Gasteiger partial charge in [-0.05, 0) is 118 Å². The van der Waals surface area contributed by atoms with Gasteiger partial charge in [-0.1, -0.05) is 37.0 Å². The Hall–Kier alpha value is -3.74. The second-order valence-electron chi connectivity index (χ2n) is 14.9. The molecule has 0 aromatic carbocycles. The third kappa shape index (κ3) is 13.2. The lowest BCUT2D eigenvalue weighted by Gasteiger charge is -2.27. The summed E-state index contributed by atoms with van der Waals surface area (Å²) in [4.78, 5) is 17.7. The first-order chi connectivity index (χ1) is 26.2. The third-order valence-electron chi connectivity index (χ3n) is 9.96. The number of hydrogen-bond acceptors (Lipinski definition) is 11. The monoisotopic (exact) mass is 776 g/mol. The maximum atomic E-state index is 6.44. The Balaban J connectivity index is 0.000000208. The Bertz CT molecular complexity index is 1730. The highest BCUT2D eigenvalue weighted by atomic mass is 35.5. The minimum Gasteiger partial charge on any atom is -0.385 e. The van der Waals surface area contributed by atoms with Gasteiger partial charge in [0.05, 0.1) is 10.0 Å². The van der Waals surface area contributed by atoms with Gasteiger partial charge < -0.3 is 37.5 Å². The van der Waals surface area contributed by atoms with Crippen molar-refractivity contribution in [3.8, 4) is 22.3 Å². The van der Waals surface area contributed by atoms with Crippen molar-refractivity contribution >= 4 is 46.5 Å². The van der Waals surface area contributed by atoms with E-state index in [-0.39, 0.29) is 0 Å². The second-order valence-corrected chi connectivity index (χ2v) is 15.7. The molecule has 6 rings (SSSR count). The van der Waals surface area contributed by atoms with Crippen molar-refractivity contribution in [2.45, 2.75) is 102 Å². The van der Waals surface area contributed by atoms with E-state index in [2.05, 4.69) is 55.1 Å². The molecule has 54 heavy (non-hydrogen) atoms. The molecule has 0 saturated heterocycles. The van der Waals surface area contributed by atoms with Crippen LogP contribution in [0.15, 0.2) is 61.2 Å². The van der Waals surface area contributed by atoms with Crippen LogP contribution in [0.25, 0.3) is 22.3 Å². The molecule has 4 heterocycles. The lowest BCUT2D eigenvalue weighted by atomic mass is 9.92. The van der Waals surface area contributed by atoms with Gasteiger partial charge in [0.25, 0.3) is 0 Å². The summed E-state index contributed by atoms with van der Waals surface area (Å²) >= 11 is 12.9. The van der Waals surface area contributed by atoms with Gasteiger partial charge in [-0.15, -0.1) is 0 Å². The molecule has 2 saturated carbocycles. The van der Waals surface area contributed by atoms with Crippen LogP contribution in [0.3, 0.4) is 0 Å². The number of rotatable bonds is 15. The number of aromatic nitrogens is 4. The fraction of sp³-hybridized carbons (Fsp3) is 0.512. The van der Waals surface area contributed by atoms with Crippen LogP contribution < -0.4 is 32.7 Å². The highest BCUT2D eigenvalue weighted by Crippen LogP contribution is 2.33. The van der Waals surface area contributed by atoms with Gasteiger partial charge in [-0.3, -0.25) is 0 Å². The minimum absolute atomic E-state index is 0.336. The molecule has 2 aliphatic carbocycles. The molecule has 2 aliphatic rings. The average molecular weight is 778 g/mol. The number of nitrogens with one attached hydrogen (secondary N) is 4. The first-order valence-corrected chi connectivity index (χ1v) is 20.2. The van der Waals surface area contributed by atoms with E-state index in [9.17, 15) is 0 Å². The van der Waals surface area contributed by atoms with E-state index in [0.29, 0.717) is 40.1 Å². The van der Waals surface area contributed by atoms with E-state index in [0.717, 1.165) is 129 Å². The fourth-order valence-corrected chi connectivity index (χ4v) is 7.16. The lowest BCUT2D eigenvalue weighted by molar-refractivity contribution is 0.198. The SMILES string of the molecule is CC(C)CCNc1cc(-c2cc(NC3CCC(N)CC3)ncc2Cl)ccn1.COCCCNc1cc(-c2cc(NC3CCC(N)CC3)ncc2Cl)ccn1. The smallest absolute Gasteiger partial charge is 0.126 e. The first kappa shape index (κ1) is 41.4. The van der Waals surface area contributed by atoms with E-state index < -0.39 is 0 Å². The second kappa shape index (κ2) is 21.4. The number of anilines is 4. The predicted octanol–water partition coefficient (Wildman–Crippen LogP) is 8.86. The first-order valence-electron chi connectivity index (χ1n) is 19.4.